The number of carboxylic acid groups (broad SMARTS) is 1. The number of carbonyl (C=O) groups is 1. The van der Waals surface area contributed by atoms with Crippen molar-refractivity contribution >= 4 is 16.9 Å². The van der Waals surface area contributed by atoms with Crippen molar-refractivity contribution in [3.63, 3.8) is 0 Å². The Hall–Kier alpha value is -2.82. The Morgan fingerprint density at radius 1 is 1.20 bits per heavy atom. The minimum atomic E-state index is -0.805. The van der Waals surface area contributed by atoms with Crippen LogP contribution >= 0.6 is 0 Å². The number of nitrogens with zero attached hydrogens (tertiary/aromatic N) is 1. The molecule has 1 heterocycles. The summed E-state index contributed by atoms with van der Waals surface area (Å²) in [6.45, 7) is 2.83. The van der Waals surface area contributed by atoms with Gasteiger partial charge < -0.3 is 14.4 Å². The van der Waals surface area contributed by atoms with Crippen LogP contribution in [0.3, 0.4) is 0 Å². The van der Waals surface area contributed by atoms with Crippen molar-refractivity contribution < 1.29 is 19.0 Å². The molecule has 0 amide bonds. The van der Waals surface area contributed by atoms with Gasteiger partial charge in [0.2, 0.25) is 0 Å². The molecule has 158 valence electrons. The van der Waals surface area contributed by atoms with E-state index in [-0.39, 0.29) is 12.2 Å². The standard InChI is InChI=1S/C25H28FNO3/c1-2-18-14-21(15-20-9-11-27(25(18)20)12-10-24(28)29)30-16-17-7-8-22(23(26)13-17)19-5-3-4-6-19/h7-9,11,13-15,19H,2-6,10,12,16H2,1H3,(H,28,29). The van der Waals surface area contributed by atoms with E-state index in [1.165, 1.54) is 12.8 Å². The molecule has 30 heavy (non-hydrogen) atoms. The maximum atomic E-state index is 14.6. The third-order valence-corrected chi connectivity index (χ3v) is 6.13. The summed E-state index contributed by atoms with van der Waals surface area (Å²) in [7, 11) is 0. The average Bonchev–Trinajstić information content (AvgIpc) is 3.40. The summed E-state index contributed by atoms with van der Waals surface area (Å²) in [5, 5.41) is 10.00. The van der Waals surface area contributed by atoms with E-state index in [0.717, 1.165) is 52.6 Å². The Bertz CT molecular complexity index is 1050. The van der Waals surface area contributed by atoms with E-state index in [4.69, 9.17) is 9.84 Å². The van der Waals surface area contributed by atoms with Crippen molar-refractivity contribution in [3.8, 4) is 5.75 Å². The number of hydrogen-bond acceptors (Lipinski definition) is 2. The fourth-order valence-electron chi connectivity index (χ4n) is 4.56. The van der Waals surface area contributed by atoms with Gasteiger partial charge in [0.15, 0.2) is 0 Å². The Kier molecular flexibility index (Phi) is 6.07. The minimum absolute atomic E-state index is 0.0909. The van der Waals surface area contributed by atoms with Crippen LogP contribution in [0.15, 0.2) is 42.6 Å². The third kappa shape index (κ3) is 4.35. The molecule has 2 aromatic carbocycles. The first-order chi connectivity index (χ1) is 14.5. The lowest BCUT2D eigenvalue weighted by Crippen LogP contribution is -2.05. The summed E-state index contributed by atoms with van der Waals surface area (Å²) in [4.78, 5) is 10.9. The molecule has 1 aromatic heterocycles. The summed E-state index contributed by atoms with van der Waals surface area (Å²) in [5.74, 6) is 0.180. The number of ether oxygens (including phenoxy) is 1. The number of rotatable bonds is 8. The number of hydrogen-bond donors (Lipinski definition) is 1. The molecule has 0 aliphatic heterocycles. The first-order valence-electron chi connectivity index (χ1n) is 10.8. The highest BCUT2D eigenvalue weighted by molar-refractivity contribution is 5.85. The highest BCUT2D eigenvalue weighted by Gasteiger charge is 2.20. The maximum absolute atomic E-state index is 14.6. The molecule has 1 saturated carbocycles. The SMILES string of the molecule is CCc1cc(OCc2ccc(C3CCCC3)c(F)c2)cc2ccn(CCC(=O)O)c12. The van der Waals surface area contributed by atoms with Gasteiger partial charge in [0.25, 0.3) is 0 Å². The summed E-state index contributed by atoms with van der Waals surface area (Å²) < 4.78 is 22.6. The van der Waals surface area contributed by atoms with E-state index in [1.807, 2.05) is 41.1 Å². The molecule has 0 radical (unpaired) electrons. The molecule has 4 nitrogen and oxygen atoms in total. The largest absolute Gasteiger partial charge is 0.489 e. The molecule has 1 N–H and O–H groups in total. The molecular weight excluding hydrogens is 381 g/mol. The van der Waals surface area contributed by atoms with Crippen LogP contribution in [-0.2, 0) is 24.4 Å². The molecule has 0 bridgehead atoms. The molecule has 0 spiro atoms. The zero-order valence-corrected chi connectivity index (χ0v) is 17.4. The van der Waals surface area contributed by atoms with E-state index < -0.39 is 5.97 Å². The molecule has 0 saturated heterocycles. The second-order valence-corrected chi connectivity index (χ2v) is 8.15. The second-order valence-electron chi connectivity index (χ2n) is 8.15. The zero-order chi connectivity index (χ0) is 21.1. The van der Waals surface area contributed by atoms with Crippen LogP contribution in [-0.4, -0.2) is 15.6 Å². The lowest BCUT2D eigenvalue weighted by molar-refractivity contribution is -0.137. The van der Waals surface area contributed by atoms with Gasteiger partial charge in [-0.05, 0) is 66.1 Å². The minimum Gasteiger partial charge on any atom is -0.489 e. The highest BCUT2D eigenvalue weighted by atomic mass is 19.1. The Labute approximate surface area is 176 Å². The van der Waals surface area contributed by atoms with Crippen molar-refractivity contribution in [2.24, 2.45) is 0 Å². The van der Waals surface area contributed by atoms with E-state index in [1.54, 1.807) is 6.07 Å². The molecule has 0 unspecified atom stereocenters. The Morgan fingerprint density at radius 3 is 2.70 bits per heavy atom. The highest BCUT2D eigenvalue weighted by Crippen LogP contribution is 2.35. The molecule has 1 aliphatic carbocycles. The molecular formula is C25H28FNO3. The molecule has 0 atom stereocenters. The van der Waals surface area contributed by atoms with Crippen LogP contribution in [0, 0.1) is 5.82 Å². The summed E-state index contributed by atoms with van der Waals surface area (Å²) in [6.07, 6.45) is 7.37. The first kappa shape index (κ1) is 20.5. The summed E-state index contributed by atoms with van der Waals surface area (Å²) in [6, 6.07) is 11.5. The predicted molar refractivity (Wildman–Crippen MR) is 116 cm³/mol. The molecule has 1 fully saturated rings. The molecule has 3 aromatic rings. The normalized spacial score (nSPS) is 14.5. The van der Waals surface area contributed by atoms with Gasteiger partial charge in [-0.15, -0.1) is 0 Å². The van der Waals surface area contributed by atoms with Gasteiger partial charge in [0.05, 0.1) is 11.9 Å². The lowest BCUT2D eigenvalue weighted by Gasteiger charge is -2.14. The van der Waals surface area contributed by atoms with Crippen molar-refractivity contribution in [3.05, 3.63) is 65.1 Å². The van der Waals surface area contributed by atoms with Gasteiger partial charge >= 0.3 is 5.97 Å². The number of aryl methyl sites for hydroxylation is 2. The number of aromatic nitrogens is 1. The van der Waals surface area contributed by atoms with Gasteiger partial charge in [0, 0.05) is 18.1 Å². The Morgan fingerprint density at radius 2 is 2.00 bits per heavy atom. The van der Waals surface area contributed by atoms with E-state index >= 15 is 0 Å². The van der Waals surface area contributed by atoms with Gasteiger partial charge in [0.1, 0.15) is 18.2 Å². The first-order valence-corrected chi connectivity index (χ1v) is 10.8. The molecule has 4 rings (SSSR count). The van der Waals surface area contributed by atoms with Crippen LogP contribution in [0.4, 0.5) is 4.39 Å². The number of benzene rings is 2. The van der Waals surface area contributed by atoms with Crippen LogP contribution < -0.4 is 4.74 Å². The van der Waals surface area contributed by atoms with Crippen LogP contribution in [0.2, 0.25) is 0 Å². The fraction of sp³-hybridized carbons (Fsp3) is 0.400. The maximum Gasteiger partial charge on any atom is 0.305 e. The third-order valence-electron chi connectivity index (χ3n) is 6.13. The second kappa shape index (κ2) is 8.90. The van der Waals surface area contributed by atoms with E-state index in [9.17, 15) is 9.18 Å². The number of fused-ring (bicyclic) bond motifs is 1. The monoisotopic (exact) mass is 409 g/mol. The van der Waals surface area contributed by atoms with Crippen LogP contribution in [0.25, 0.3) is 10.9 Å². The van der Waals surface area contributed by atoms with Gasteiger partial charge in [-0.25, -0.2) is 4.39 Å². The van der Waals surface area contributed by atoms with Crippen LogP contribution in [0.5, 0.6) is 5.75 Å². The Balaban J connectivity index is 1.50. The molecule has 1 aliphatic rings. The van der Waals surface area contributed by atoms with E-state index in [0.29, 0.717) is 19.1 Å². The summed E-state index contributed by atoms with van der Waals surface area (Å²) >= 11 is 0. The van der Waals surface area contributed by atoms with Crippen LogP contribution in [0.1, 0.15) is 61.6 Å². The number of halogens is 1. The van der Waals surface area contributed by atoms with Crippen molar-refractivity contribution in [2.75, 3.05) is 0 Å². The zero-order valence-electron chi connectivity index (χ0n) is 17.4. The van der Waals surface area contributed by atoms with Crippen molar-refractivity contribution in [2.45, 2.75) is 64.5 Å². The van der Waals surface area contributed by atoms with Gasteiger partial charge in [-0.3, -0.25) is 4.79 Å². The number of aliphatic carboxylic acids is 1. The molecule has 5 heteroatoms. The quantitative estimate of drug-likeness (QED) is 0.492. The smallest absolute Gasteiger partial charge is 0.305 e. The predicted octanol–water partition coefficient (Wildman–Crippen LogP) is 6.05. The van der Waals surface area contributed by atoms with Gasteiger partial charge in [-0.1, -0.05) is 31.9 Å². The lowest BCUT2D eigenvalue weighted by atomic mass is 9.96. The number of carboxylic acids is 1. The van der Waals surface area contributed by atoms with E-state index in [2.05, 4.69) is 6.92 Å². The topological polar surface area (TPSA) is 51.5 Å². The van der Waals surface area contributed by atoms with Crippen molar-refractivity contribution in [1.82, 2.24) is 4.57 Å². The van der Waals surface area contributed by atoms with Crippen molar-refractivity contribution in [1.29, 1.82) is 0 Å². The van der Waals surface area contributed by atoms with Gasteiger partial charge in [-0.2, -0.15) is 0 Å². The summed E-state index contributed by atoms with van der Waals surface area (Å²) in [5.41, 5.74) is 3.83. The fourth-order valence-corrected chi connectivity index (χ4v) is 4.56. The average molecular weight is 410 g/mol.